The summed E-state index contributed by atoms with van der Waals surface area (Å²) in [4.78, 5) is 24.4. The number of thiazole rings is 1. The lowest BCUT2D eigenvalue weighted by molar-refractivity contribution is -0.130. The Morgan fingerprint density at radius 1 is 0.939 bits per heavy atom. The van der Waals surface area contributed by atoms with Crippen molar-refractivity contribution in [2.24, 2.45) is 0 Å². The Kier molecular flexibility index (Phi) is 7.00. The van der Waals surface area contributed by atoms with E-state index in [1.54, 1.807) is 11.3 Å². The first kappa shape index (κ1) is 22.1. The Morgan fingerprint density at radius 2 is 1.73 bits per heavy atom. The number of morpholine rings is 1. The summed E-state index contributed by atoms with van der Waals surface area (Å²) in [6.07, 6.45) is 0.370. The van der Waals surface area contributed by atoms with Gasteiger partial charge in [-0.2, -0.15) is 0 Å². The zero-order valence-electron chi connectivity index (χ0n) is 18.9. The second kappa shape index (κ2) is 10.5. The number of hydrogen-bond donors (Lipinski definition) is 0. The number of ether oxygens (including phenoxy) is 1. The molecule has 2 saturated heterocycles. The molecule has 0 unspecified atom stereocenters. The van der Waals surface area contributed by atoms with Gasteiger partial charge in [0.1, 0.15) is 5.01 Å². The lowest BCUT2D eigenvalue weighted by Gasteiger charge is -2.36. The van der Waals surface area contributed by atoms with Gasteiger partial charge in [-0.1, -0.05) is 36.4 Å². The molecule has 1 aromatic heterocycles. The minimum Gasteiger partial charge on any atom is -0.379 e. The average Bonchev–Trinajstić information content (AvgIpc) is 3.34. The van der Waals surface area contributed by atoms with Crippen LogP contribution in [0.25, 0.3) is 10.6 Å². The normalized spacial score (nSPS) is 17.3. The van der Waals surface area contributed by atoms with Crippen molar-refractivity contribution in [3.8, 4) is 10.6 Å². The van der Waals surface area contributed by atoms with Gasteiger partial charge in [0.15, 0.2) is 0 Å². The molecule has 0 saturated carbocycles. The predicted molar refractivity (Wildman–Crippen MR) is 133 cm³/mol. The second-order valence-electron chi connectivity index (χ2n) is 8.61. The first-order valence-electron chi connectivity index (χ1n) is 11.7. The zero-order valence-corrected chi connectivity index (χ0v) is 19.7. The summed E-state index contributed by atoms with van der Waals surface area (Å²) in [7, 11) is 0. The maximum atomic E-state index is 12.9. The number of hydrogen-bond acceptors (Lipinski definition) is 6. The summed E-state index contributed by atoms with van der Waals surface area (Å²) in [5, 5.41) is 3.01. The van der Waals surface area contributed by atoms with E-state index in [0.29, 0.717) is 6.42 Å². The van der Waals surface area contributed by atoms with Crippen molar-refractivity contribution in [1.82, 2.24) is 14.8 Å². The molecule has 2 aliphatic heterocycles. The molecule has 2 fully saturated rings. The van der Waals surface area contributed by atoms with Gasteiger partial charge in [0.25, 0.3) is 0 Å². The van der Waals surface area contributed by atoms with E-state index >= 15 is 0 Å². The maximum Gasteiger partial charge on any atom is 0.228 e. The van der Waals surface area contributed by atoms with Gasteiger partial charge in [0, 0.05) is 62.4 Å². The monoisotopic (exact) mass is 462 g/mol. The highest BCUT2D eigenvalue weighted by Crippen LogP contribution is 2.26. The average molecular weight is 463 g/mol. The fraction of sp³-hybridized carbons (Fsp3) is 0.385. The smallest absolute Gasteiger partial charge is 0.228 e. The molecule has 6 nitrogen and oxygen atoms in total. The molecule has 7 heteroatoms. The molecular weight excluding hydrogens is 432 g/mol. The quantitative estimate of drug-likeness (QED) is 0.561. The summed E-state index contributed by atoms with van der Waals surface area (Å²) >= 11 is 1.62. The van der Waals surface area contributed by atoms with Crippen molar-refractivity contribution in [2.75, 3.05) is 57.4 Å². The van der Waals surface area contributed by atoms with E-state index < -0.39 is 0 Å². The third-order valence-corrected chi connectivity index (χ3v) is 7.26. The molecule has 3 aromatic rings. The maximum absolute atomic E-state index is 12.9. The van der Waals surface area contributed by atoms with Crippen LogP contribution in [0.3, 0.4) is 0 Å². The van der Waals surface area contributed by atoms with Gasteiger partial charge in [-0.3, -0.25) is 9.69 Å². The Labute approximate surface area is 199 Å². The summed E-state index contributed by atoms with van der Waals surface area (Å²) < 4.78 is 5.45. The topological polar surface area (TPSA) is 48.9 Å². The standard InChI is InChI=1S/C26H30N4O2S/c31-25(30-11-9-29(10-12-30)24-7-2-1-3-8-24)18-23-20-33-26(27-23)22-6-4-5-21(17-22)19-28-13-15-32-16-14-28/h1-8,17,20H,9-16,18-19H2. The second-order valence-corrected chi connectivity index (χ2v) is 9.47. The summed E-state index contributed by atoms with van der Waals surface area (Å²) in [6.45, 7) is 7.77. The largest absolute Gasteiger partial charge is 0.379 e. The van der Waals surface area contributed by atoms with Gasteiger partial charge >= 0.3 is 0 Å². The molecule has 0 bridgehead atoms. The van der Waals surface area contributed by atoms with Crippen molar-refractivity contribution in [2.45, 2.75) is 13.0 Å². The van der Waals surface area contributed by atoms with E-state index in [-0.39, 0.29) is 5.91 Å². The number of amides is 1. The number of aromatic nitrogens is 1. The van der Waals surface area contributed by atoms with Crippen molar-refractivity contribution in [3.05, 3.63) is 71.2 Å². The van der Waals surface area contributed by atoms with Crippen LogP contribution in [-0.4, -0.2) is 73.2 Å². The highest BCUT2D eigenvalue weighted by molar-refractivity contribution is 7.13. The molecule has 0 N–H and O–H groups in total. The Morgan fingerprint density at radius 3 is 2.52 bits per heavy atom. The van der Waals surface area contributed by atoms with Crippen molar-refractivity contribution in [3.63, 3.8) is 0 Å². The van der Waals surface area contributed by atoms with E-state index in [2.05, 4.69) is 58.3 Å². The summed E-state index contributed by atoms with van der Waals surface area (Å²) in [5.41, 5.74) is 4.51. The third kappa shape index (κ3) is 5.61. The number of carbonyl (C=O) groups is 1. The third-order valence-electron chi connectivity index (χ3n) is 6.32. The Hall–Kier alpha value is -2.74. The van der Waals surface area contributed by atoms with E-state index in [1.165, 1.54) is 11.3 Å². The lowest BCUT2D eigenvalue weighted by atomic mass is 10.1. The fourth-order valence-corrected chi connectivity index (χ4v) is 5.28. The predicted octanol–water partition coefficient (Wildman–Crippen LogP) is 3.53. The van der Waals surface area contributed by atoms with E-state index in [0.717, 1.165) is 75.3 Å². The molecule has 0 aliphatic carbocycles. The fourth-order valence-electron chi connectivity index (χ4n) is 4.46. The summed E-state index contributed by atoms with van der Waals surface area (Å²) in [5.74, 6) is 0.167. The first-order chi connectivity index (χ1) is 16.2. The Bertz CT molecular complexity index is 1060. The highest BCUT2D eigenvalue weighted by Gasteiger charge is 2.22. The number of benzene rings is 2. The number of para-hydroxylation sites is 1. The molecule has 3 heterocycles. The van der Waals surface area contributed by atoms with Crippen LogP contribution in [0.15, 0.2) is 60.0 Å². The van der Waals surface area contributed by atoms with E-state index in [1.807, 2.05) is 16.3 Å². The van der Waals surface area contributed by atoms with Gasteiger partial charge in [-0.25, -0.2) is 4.98 Å². The van der Waals surface area contributed by atoms with Crippen LogP contribution < -0.4 is 4.90 Å². The minimum atomic E-state index is 0.167. The van der Waals surface area contributed by atoms with Crippen molar-refractivity contribution >= 4 is 22.9 Å². The minimum absolute atomic E-state index is 0.167. The molecule has 0 spiro atoms. The van der Waals surface area contributed by atoms with E-state index in [4.69, 9.17) is 9.72 Å². The van der Waals surface area contributed by atoms with Crippen LogP contribution in [-0.2, 0) is 22.5 Å². The number of piperazine rings is 1. The van der Waals surface area contributed by atoms with E-state index in [9.17, 15) is 4.79 Å². The molecule has 1 amide bonds. The molecular formula is C26H30N4O2S. The van der Waals surface area contributed by atoms with Crippen LogP contribution in [0, 0.1) is 0 Å². The molecule has 2 aliphatic rings. The first-order valence-corrected chi connectivity index (χ1v) is 12.5. The molecule has 172 valence electrons. The number of carbonyl (C=O) groups excluding carboxylic acids is 1. The summed E-state index contributed by atoms with van der Waals surface area (Å²) in [6, 6.07) is 19.0. The van der Waals surface area contributed by atoms with Crippen molar-refractivity contribution in [1.29, 1.82) is 0 Å². The highest BCUT2D eigenvalue weighted by atomic mass is 32.1. The lowest BCUT2D eigenvalue weighted by Crippen LogP contribution is -2.49. The van der Waals surface area contributed by atoms with Crippen LogP contribution in [0.1, 0.15) is 11.3 Å². The SMILES string of the molecule is O=C(Cc1csc(-c2cccc(CN3CCOCC3)c2)n1)N1CCN(c2ccccc2)CC1. The number of rotatable bonds is 6. The molecule has 33 heavy (non-hydrogen) atoms. The van der Waals surface area contributed by atoms with Gasteiger partial charge in [-0.05, 0) is 23.8 Å². The van der Waals surface area contributed by atoms with Gasteiger partial charge < -0.3 is 14.5 Å². The van der Waals surface area contributed by atoms with Gasteiger partial charge in [0.2, 0.25) is 5.91 Å². The molecule has 0 radical (unpaired) electrons. The van der Waals surface area contributed by atoms with Crippen LogP contribution >= 0.6 is 11.3 Å². The molecule has 0 atom stereocenters. The van der Waals surface area contributed by atoms with Gasteiger partial charge in [0.05, 0.1) is 25.3 Å². The van der Waals surface area contributed by atoms with Crippen molar-refractivity contribution < 1.29 is 9.53 Å². The van der Waals surface area contributed by atoms with Crippen LogP contribution in [0.5, 0.6) is 0 Å². The van der Waals surface area contributed by atoms with Crippen LogP contribution in [0.4, 0.5) is 5.69 Å². The number of anilines is 1. The Balaban J connectivity index is 1.16. The van der Waals surface area contributed by atoms with Gasteiger partial charge in [-0.15, -0.1) is 11.3 Å². The molecule has 5 rings (SSSR count). The zero-order chi connectivity index (χ0) is 22.5. The molecule has 2 aromatic carbocycles. The van der Waals surface area contributed by atoms with Crippen LogP contribution in [0.2, 0.25) is 0 Å². The number of nitrogens with zero attached hydrogens (tertiary/aromatic N) is 4.